The van der Waals surface area contributed by atoms with Gasteiger partial charge in [0.05, 0.1) is 11.0 Å². The lowest BCUT2D eigenvalue weighted by atomic mass is 10.2. The fourth-order valence-corrected chi connectivity index (χ4v) is 0.961. The van der Waals surface area contributed by atoms with E-state index in [2.05, 4.69) is 12.2 Å². The molecule has 68 valence electrons. The van der Waals surface area contributed by atoms with Crippen LogP contribution in [0.5, 0.6) is 5.75 Å². The molecule has 0 aromatic heterocycles. The first-order chi connectivity index (χ1) is 6.00. The van der Waals surface area contributed by atoms with Crippen molar-refractivity contribution < 1.29 is 10.0 Å². The number of nitro benzene ring substituents is 1. The zero-order valence-electron chi connectivity index (χ0n) is 6.43. The van der Waals surface area contributed by atoms with E-state index in [1.807, 2.05) is 0 Å². The van der Waals surface area contributed by atoms with E-state index >= 15 is 0 Å². The summed E-state index contributed by atoms with van der Waals surface area (Å²) in [6, 6.07) is 3.51. The summed E-state index contributed by atoms with van der Waals surface area (Å²) in [5, 5.41) is 19.4. The number of nitrogens with two attached hydrogens (primary N) is 1. The van der Waals surface area contributed by atoms with Gasteiger partial charge in [0, 0.05) is 11.6 Å². The van der Waals surface area contributed by atoms with E-state index in [1.54, 1.807) is 0 Å². The Bertz CT molecular complexity index is 346. The van der Waals surface area contributed by atoms with Crippen LogP contribution in [0.3, 0.4) is 0 Å². The van der Waals surface area contributed by atoms with Gasteiger partial charge in [-0.05, 0) is 6.07 Å². The molecule has 13 heavy (non-hydrogen) atoms. The second-order valence-electron chi connectivity index (χ2n) is 2.36. The summed E-state index contributed by atoms with van der Waals surface area (Å²) in [4.78, 5) is 9.73. The number of rotatable bonds is 2. The maximum atomic E-state index is 10.3. The molecule has 0 fully saturated rings. The molecule has 3 N–H and O–H groups in total. The summed E-state index contributed by atoms with van der Waals surface area (Å²) < 4.78 is 0. The van der Waals surface area contributed by atoms with Crippen LogP contribution >= 0.6 is 12.2 Å². The summed E-state index contributed by atoms with van der Waals surface area (Å²) >= 11 is 4.61. The van der Waals surface area contributed by atoms with Gasteiger partial charge in [-0.25, -0.2) is 0 Å². The lowest BCUT2D eigenvalue weighted by Crippen LogP contribution is -2.09. The predicted molar refractivity (Wildman–Crippen MR) is 50.6 cm³/mol. The summed E-state index contributed by atoms with van der Waals surface area (Å²) in [5.41, 5.74) is 5.30. The highest BCUT2D eigenvalue weighted by Gasteiger charge is 2.10. The molecule has 5 nitrogen and oxygen atoms in total. The maximum absolute atomic E-state index is 10.3. The lowest BCUT2D eigenvalue weighted by Gasteiger charge is -1.99. The number of hydrogen-bond acceptors (Lipinski definition) is 4. The Balaban J connectivity index is 3.26. The molecule has 0 aliphatic carbocycles. The smallest absolute Gasteiger partial charge is 0.273 e. The van der Waals surface area contributed by atoms with E-state index in [-0.39, 0.29) is 22.0 Å². The summed E-state index contributed by atoms with van der Waals surface area (Å²) in [5.74, 6) is -0.225. The van der Waals surface area contributed by atoms with E-state index in [1.165, 1.54) is 12.1 Å². The van der Waals surface area contributed by atoms with Gasteiger partial charge in [-0.1, -0.05) is 12.2 Å². The first kappa shape index (κ1) is 9.40. The second-order valence-corrected chi connectivity index (χ2v) is 2.80. The van der Waals surface area contributed by atoms with Gasteiger partial charge in [-0.3, -0.25) is 10.1 Å². The van der Waals surface area contributed by atoms with Crippen molar-refractivity contribution in [2.24, 2.45) is 5.73 Å². The number of thiocarbonyl (C=S) groups is 1. The third-order valence-electron chi connectivity index (χ3n) is 1.40. The van der Waals surface area contributed by atoms with Gasteiger partial charge in [0.25, 0.3) is 5.69 Å². The largest absolute Gasteiger partial charge is 0.508 e. The van der Waals surface area contributed by atoms with Crippen LogP contribution in [0.15, 0.2) is 18.2 Å². The number of phenolic OH excluding ortho intramolecular Hbond substituents is 1. The third-order valence-corrected chi connectivity index (χ3v) is 1.63. The van der Waals surface area contributed by atoms with Crippen LogP contribution in [0, 0.1) is 10.1 Å². The Morgan fingerprint density at radius 3 is 2.62 bits per heavy atom. The Morgan fingerprint density at radius 2 is 2.15 bits per heavy atom. The van der Waals surface area contributed by atoms with Gasteiger partial charge in [0.2, 0.25) is 0 Å². The number of phenols is 1. The molecular weight excluding hydrogens is 192 g/mol. The molecular formula is C7H6N2O3S. The van der Waals surface area contributed by atoms with Crippen molar-refractivity contribution in [2.75, 3.05) is 0 Å². The summed E-state index contributed by atoms with van der Waals surface area (Å²) in [6.45, 7) is 0. The third kappa shape index (κ3) is 2.12. The molecule has 0 atom stereocenters. The fraction of sp³-hybridized carbons (Fsp3) is 0. The standard InChI is InChI=1S/C7H6N2O3S/c8-7(13)4-1-5(9(11)12)3-6(10)2-4/h1-3,10H,(H2,8,13). The van der Waals surface area contributed by atoms with Crippen LogP contribution in [0.2, 0.25) is 0 Å². The first-order valence-corrected chi connectivity index (χ1v) is 3.70. The van der Waals surface area contributed by atoms with Crippen molar-refractivity contribution in [3.63, 3.8) is 0 Å². The SMILES string of the molecule is NC(=S)c1cc(O)cc([N+](=O)[O-])c1. The van der Waals surface area contributed by atoms with Gasteiger partial charge >= 0.3 is 0 Å². The van der Waals surface area contributed by atoms with Crippen LogP contribution in [0.1, 0.15) is 5.56 Å². The normalized spacial score (nSPS) is 9.54. The van der Waals surface area contributed by atoms with Crippen molar-refractivity contribution in [1.29, 1.82) is 0 Å². The van der Waals surface area contributed by atoms with Gasteiger partial charge < -0.3 is 10.8 Å². The Kier molecular flexibility index (Phi) is 2.43. The number of hydrogen-bond donors (Lipinski definition) is 2. The molecule has 0 radical (unpaired) electrons. The topological polar surface area (TPSA) is 89.4 Å². The zero-order valence-corrected chi connectivity index (χ0v) is 7.25. The highest BCUT2D eigenvalue weighted by atomic mass is 32.1. The van der Waals surface area contributed by atoms with Gasteiger partial charge in [0.1, 0.15) is 10.7 Å². The Morgan fingerprint density at radius 1 is 1.54 bits per heavy atom. The monoisotopic (exact) mass is 198 g/mol. The van der Waals surface area contributed by atoms with Crippen LogP contribution < -0.4 is 5.73 Å². The lowest BCUT2D eigenvalue weighted by molar-refractivity contribution is -0.384. The molecule has 0 saturated heterocycles. The molecule has 0 amide bonds. The molecule has 1 aromatic carbocycles. The molecule has 6 heteroatoms. The predicted octanol–water partition coefficient (Wildman–Crippen LogP) is 0.935. The maximum Gasteiger partial charge on any atom is 0.273 e. The van der Waals surface area contributed by atoms with Gasteiger partial charge in [-0.2, -0.15) is 0 Å². The fourth-order valence-electron chi connectivity index (χ4n) is 0.843. The number of aromatic hydroxyl groups is 1. The molecule has 0 bridgehead atoms. The number of non-ortho nitro benzene ring substituents is 1. The van der Waals surface area contributed by atoms with Crippen LogP contribution in [0.4, 0.5) is 5.69 Å². The number of benzene rings is 1. The minimum absolute atomic E-state index is 0.0130. The molecule has 0 saturated carbocycles. The summed E-state index contributed by atoms with van der Waals surface area (Å²) in [7, 11) is 0. The molecule has 1 aromatic rings. The van der Waals surface area contributed by atoms with Crippen LogP contribution in [-0.4, -0.2) is 15.0 Å². The van der Waals surface area contributed by atoms with Crippen molar-refractivity contribution in [2.45, 2.75) is 0 Å². The van der Waals surface area contributed by atoms with E-state index in [0.717, 1.165) is 6.07 Å². The average molecular weight is 198 g/mol. The molecule has 0 aliphatic heterocycles. The van der Waals surface area contributed by atoms with Crippen molar-refractivity contribution in [3.8, 4) is 5.75 Å². The molecule has 0 heterocycles. The van der Waals surface area contributed by atoms with Crippen molar-refractivity contribution >= 4 is 22.9 Å². The minimum atomic E-state index is -0.624. The average Bonchev–Trinajstić information content (AvgIpc) is 2.03. The van der Waals surface area contributed by atoms with E-state index in [0.29, 0.717) is 0 Å². The summed E-state index contributed by atoms with van der Waals surface area (Å²) in [6.07, 6.45) is 0. The van der Waals surface area contributed by atoms with Crippen LogP contribution in [-0.2, 0) is 0 Å². The van der Waals surface area contributed by atoms with Gasteiger partial charge in [0.15, 0.2) is 0 Å². The van der Waals surface area contributed by atoms with Crippen molar-refractivity contribution in [3.05, 3.63) is 33.9 Å². The Hall–Kier alpha value is -1.69. The number of nitrogens with zero attached hydrogens (tertiary/aromatic N) is 1. The zero-order chi connectivity index (χ0) is 10.0. The van der Waals surface area contributed by atoms with Gasteiger partial charge in [-0.15, -0.1) is 0 Å². The molecule has 1 rings (SSSR count). The van der Waals surface area contributed by atoms with E-state index in [4.69, 9.17) is 10.8 Å². The van der Waals surface area contributed by atoms with E-state index < -0.39 is 4.92 Å². The first-order valence-electron chi connectivity index (χ1n) is 3.29. The molecule has 0 unspecified atom stereocenters. The number of nitro groups is 1. The van der Waals surface area contributed by atoms with Crippen LogP contribution in [0.25, 0.3) is 0 Å². The van der Waals surface area contributed by atoms with Crippen molar-refractivity contribution in [1.82, 2.24) is 0 Å². The minimum Gasteiger partial charge on any atom is -0.508 e. The van der Waals surface area contributed by atoms with E-state index in [9.17, 15) is 10.1 Å². The molecule has 0 aliphatic rings. The molecule has 0 spiro atoms. The second kappa shape index (κ2) is 3.36. The highest BCUT2D eigenvalue weighted by molar-refractivity contribution is 7.80. The quantitative estimate of drug-likeness (QED) is 0.419. The highest BCUT2D eigenvalue weighted by Crippen LogP contribution is 2.21. The Labute approximate surface area is 78.9 Å².